The van der Waals surface area contributed by atoms with Crippen LogP contribution in [0.5, 0.6) is 0 Å². The Morgan fingerprint density at radius 2 is 2.19 bits per heavy atom. The van der Waals surface area contributed by atoms with Crippen molar-refractivity contribution >= 4 is 27.5 Å². The summed E-state index contributed by atoms with van der Waals surface area (Å²) in [7, 11) is 0. The molecule has 1 fully saturated rings. The van der Waals surface area contributed by atoms with Gasteiger partial charge in [0.1, 0.15) is 0 Å². The van der Waals surface area contributed by atoms with Crippen LogP contribution < -0.4 is 0 Å². The quantitative estimate of drug-likeness (QED) is 0.849. The summed E-state index contributed by atoms with van der Waals surface area (Å²) < 4.78 is 2.71. The lowest BCUT2D eigenvalue weighted by molar-refractivity contribution is 0.794. The largest absolute Gasteiger partial charge is 0.219 e. The lowest BCUT2D eigenvalue weighted by atomic mass is 10.3. The highest BCUT2D eigenvalue weighted by Gasteiger charge is 2.26. The van der Waals surface area contributed by atoms with Gasteiger partial charge in [0, 0.05) is 15.4 Å². The molecule has 0 unspecified atom stereocenters. The first kappa shape index (κ1) is 10.3. The van der Waals surface area contributed by atoms with Crippen molar-refractivity contribution in [3.63, 3.8) is 0 Å². The summed E-state index contributed by atoms with van der Waals surface area (Å²) >= 11 is 9.37. The molecule has 1 heterocycles. The van der Waals surface area contributed by atoms with E-state index in [1.54, 1.807) is 4.68 Å². The van der Waals surface area contributed by atoms with Crippen molar-refractivity contribution in [2.75, 3.05) is 0 Å². The molecule has 0 atom stereocenters. The fraction of sp³-hybridized carbons (Fsp3) is 0.273. The summed E-state index contributed by atoms with van der Waals surface area (Å²) in [5, 5.41) is 9.02. The number of nitrogens with zero attached hydrogens (tertiary/aromatic N) is 3. The molecule has 3 rings (SSSR count). The van der Waals surface area contributed by atoms with Gasteiger partial charge in [-0.05, 0) is 47.0 Å². The first-order valence-electron chi connectivity index (χ1n) is 5.12. The van der Waals surface area contributed by atoms with Crippen molar-refractivity contribution in [2.45, 2.75) is 18.8 Å². The number of benzene rings is 1. The van der Waals surface area contributed by atoms with Crippen molar-refractivity contribution in [1.29, 1.82) is 0 Å². The molecular formula is C11H9BrClN3. The number of hydrogen-bond donors (Lipinski definition) is 0. The van der Waals surface area contributed by atoms with E-state index < -0.39 is 0 Å². The standard InChI is InChI=1S/C11H9BrClN3/c12-9-5-8(13)3-4-11(9)16-6-10(14-15-16)7-1-2-7/h3-7H,1-2H2. The van der Waals surface area contributed by atoms with E-state index in [2.05, 4.69) is 26.2 Å². The summed E-state index contributed by atoms with van der Waals surface area (Å²) in [5.74, 6) is 0.625. The van der Waals surface area contributed by atoms with Crippen LogP contribution in [0, 0.1) is 0 Å². The van der Waals surface area contributed by atoms with Crippen molar-refractivity contribution < 1.29 is 0 Å². The molecule has 0 saturated heterocycles. The molecule has 1 aromatic carbocycles. The third-order valence-electron chi connectivity index (χ3n) is 2.66. The van der Waals surface area contributed by atoms with Gasteiger partial charge in [-0.15, -0.1) is 5.10 Å². The molecule has 5 heteroatoms. The van der Waals surface area contributed by atoms with Gasteiger partial charge < -0.3 is 0 Å². The topological polar surface area (TPSA) is 30.7 Å². The zero-order valence-electron chi connectivity index (χ0n) is 8.40. The minimum atomic E-state index is 0.625. The zero-order valence-corrected chi connectivity index (χ0v) is 10.7. The Bertz CT molecular complexity index is 534. The van der Waals surface area contributed by atoms with Gasteiger partial charge in [-0.3, -0.25) is 0 Å². The summed E-state index contributed by atoms with van der Waals surface area (Å²) in [4.78, 5) is 0. The average molecular weight is 299 g/mol. The van der Waals surface area contributed by atoms with E-state index in [1.165, 1.54) is 12.8 Å². The number of hydrogen-bond acceptors (Lipinski definition) is 2. The van der Waals surface area contributed by atoms with Gasteiger partial charge >= 0.3 is 0 Å². The monoisotopic (exact) mass is 297 g/mol. The summed E-state index contributed by atoms with van der Waals surface area (Å²) in [6, 6.07) is 5.63. The maximum absolute atomic E-state index is 5.89. The first-order valence-corrected chi connectivity index (χ1v) is 6.29. The highest BCUT2D eigenvalue weighted by Crippen LogP contribution is 2.39. The van der Waals surface area contributed by atoms with Crippen LogP contribution in [0.3, 0.4) is 0 Å². The third-order valence-corrected chi connectivity index (χ3v) is 3.53. The molecule has 3 nitrogen and oxygen atoms in total. The van der Waals surface area contributed by atoms with E-state index in [9.17, 15) is 0 Å². The van der Waals surface area contributed by atoms with E-state index in [4.69, 9.17) is 11.6 Å². The van der Waals surface area contributed by atoms with E-state index in [-0.39, 0.29) is 0 Å². The third kappa shape index (κ3) is 1.87. The lowest BCUT2D eigenvalue weighted by Crippen LogP contribution is -1.95. The van der Waals surface area contributed by atoms with Crippen LogP contribution in [0.15, 0.2) is 28.9 Å². The molecule has 16 heavy (non-hydrogen) atoms. The van der Waals surface area contributed by atoms with Gasteiger partial charge in [0.2, 0.25) is 0 Å². The number of halogens is 2. The van der Waals surface area contributed by atoms with Crippen molar-refractivity contribution in [3.8, 4) is 5.69 Å². The first-order chi connectivity index (χ1) is 7.74. The molecule has 1 aromatic heterocycles. The number of aromatic nitrogens is 3. The summed E-state index contributed by atoms with van der Waals surface area (Å²) in [6.07, 6.45) is 4.46. The molecule has 0 bridgehead atoms. The molecule has 1 aliphatic rings. The van der Waals surface area contributed by atoms with Crippen LogP contribution in [0.4, 0.5) is 0 Å². The molecule has 2 aromatic rings. The predicted octanol–water partition coefficient (Wildman–Crippen LogP) is 3.56. The highest BCUT2D eigenvalue weighted by molar-refractivity contribution is 9.10. The Morgan fingerprint density at radius 1 is 1.38 bits per heavy atom. The van der Waals surface area contributed by atoms with Crippen molar-refractivity contribution in [1.82, 2.24) is 15.0 Å². The molecule has 82 valence electrons. The Labute approximate surface area is 107 Å². The predicted molar refractivity (Wildman–Crippen MR) is 66.0 cm³/mol. The average Bonchev–Trinajstić information content (AvgIpc) is 2.98. The summed E-state index contributed by atoms with van der Waals surface area (Å²) in [5.41, 5.74) is 2.05. The second-order valence-electron chi connectivity index (χ2n) is 3.96. The van der Waals surface area contributed by atoms with E-state index in [1.807, 2.05) is 24.4 Å². The fourth-order valence-corrected chi connectivity index (χ4v) is 2.49. The second-order valence-corrected chi connectivity index (χ2v) is 5.25. The van der Waals surface area contributed by atoms with Crippen molar-refractivity contribution in [2.24, 2.45) is 0 Å². The molecule has 1 aliphatic carbocycles. The molecule has 1 saturated carbocycles. The smallest absolute Gasteiger partial charge is 0.0862 e. The van der Waals surface area contributed by atoms with Crippen LogP contribution in [-0.4, -0.2) is 15.0 Å². The van der Waals surface area contributed by atoms with Gasteiger partial charge in [-0.25, -0.2) is 4.68 Å². The molecular weight excluding hydrogens is 289 g/mol. The van der Waals surface area contributed by atoms with E-state index in [0.29, 0.717) is 10.9 Å². The van der Waals surface area contributed by atoms with Crippen LogP contribution in [0.25, 0.3) is 5.69 Å². The van der Waals surface area contributed by atoms with Crippen LogP contribution in [0.1, 0.15) is 24.5 Å². The minimum absolute atomic E-state index is 0.625. The Morgan fingerprint density at radius 3 is 2.88 bits per heavy atom. The van der Waals surface area contributed by atoms with Crippen LogP contribution >= 0.6 is 27.5 Å². The normalized spacial score (nSPS) is 15.4. The Balaban J connectivity index is 2.00. The molecule has 0 aliphatic heterocycles. The molecule has 0 amide bonds. The maximum atomic E-state index is 5.89. The molecule has 0 spiro atoms. The van der Waals surface area contributed by atoms with Crippen molar-refractivity contribution in [3.05, 3.63) is 39.6 Å². The highest BCUT2D eigenvalue weighted by atomic mass is 79.9. The Kier molecular flexibility index (Phi) is 2.48. The van der Waals surface area contributed by atoms with Gasteiger partial charge in [0.05, 0.1) is 17.6 Å². The van der Waals surface area contributed by atoms with Gasteiger partial charge in [0.15, 0.2) is 0 Å². The second kappa shape index (κ2) is 3.86. The minimum Gasteiger partial charge on any atom is -0.219 e. The number of rotatable bonds is 2. The van der Waals surface area contributed by atoms with Gasteiger partial charge in [-0.1, -0.05) is 16.8 Å². The van der Waals surface area contributed by atoms with Crippen LogP contribution in [-0.2, 0) is 0 Å². The summed E-state index contributed by atoms with van der Waals surface area (Å²) in [6.45, 7) is 0. The van der Waals surface area contributed by atoms with Gasteiger partial charge in [0.25, 0.3) is 0 Å². The SMILES string of the molecule is Clc1ccc(-n2cc(C3CC3)nn2)c(Br)c1. The Hall–Kier alpha value is -0.870. The molecule has 0 radical (unpaired) electrons. The van der Waals surface area contributed by atoms with Gasteiger partial charge in [-0.2, -0.15) is 0 Å². The van der Waals surface area contributed by atoms with E-state index in [0.717, 1.165) is 15.9 Å². The maximum Gasteiger partial charge on any atom is 0.0862 e. The van der Waals surface area contributed by atoms with Crippen LogP contribution in [0.2, 0.25) is 5.02 Å². The molecule has 0 N–H and O–H groups in total. The lowest BCUT2D eigenvalue weighted by Gasteiger charge is -2.03. The zero-order chi connectivity index (χ0) is 11.1. The fourth-order valence-electron chi connectivity index (χ4n) is 1.63. The van der Waals surface area contributed by atoms with E-state index >= 15 is 0 Å².